The van der Waals surface area contributed by atoms with Crippen LogP contribution < -0.4 is 19.3 Å². The smallest absolute Gasteiger partial charge is 0.250 e. The van der Waals surface area contributed by atoms with Gasteiger partial charge in [-0.05, 0) is 74.5 Å². The standard InChI is InChI=1S/C24H23FN2O3.C24H21FN2O3/c2*1-16-4-6-17(7-5-16)23(29)18-8-9-22(19(13-18)15-28)27-12-10-20(14-27)30-24-21(25)3-2-11-26-24/h2-9,11,13,20,28H,10,12,14-15H2,1H3;2-9,11,13,15,20H,10,12,14H2,1H3/t2*20-/m00/s1. The fourth-order valence-corrected chi connectivity index (χ4v) is 7.30. The molecule has 8 rings (SSSR count). The number of anilines is 2. The number of carbonyl (C=O) groups is 3. The van der Waals surface area contributed by atoms with Gasteiger partial charge >= 0.3 is 0 Å². The summed E-state index contributed by atoms with van der Waals surface area (Å²) in [6.07, 6.45) is 4.70. The zero-order valence-electron chi connectivity index (χ0n) is 33.3. The van der Waals surface area contributed by atoms with Crippen molar-refractivity contribution >= 4 is 29.2 Å². The van der Waals surface area contributed by atoms with Gasteiger partial charge in [0.25, 0.3) is 11.8 Å². The highest BCUT2D eigenvalue weighted by Gasteiger charge is 2.29. The Bertz CT molecular complexity index is 2480. The molecule has 0 unspecified atom stereocenters. The van der Waals surface area contributed by atoms with E-state index in [0.717, 1.165) is 28.8 Å². The second-order valence-electron chi connectivity index (χ2n) is 14.8. The number of rotatable bonds is 12. The van der Waals surface area contributed by atoms with E-state index in [4.69, 9.17) is 9.47 Å². The summed E-state index contributed by atoms with van der Waals surface area (Å²) < 4.78 is 39.0. The minimum absolute atomic E-state index is 0.00535. The van der Waals surface area contributed by atoms with Crippen LogP contribution in [0.4, 0.5) is 20.2 Å². The van der Waals surface area contributed by atoms with Gasteiger partial charge in [0.15, 0.2) is 29.5 Å². The van der Waals surface area contributed by atoms with Crippen LogP contribution in [-0.2, 0) is 6.61 Å². The van der Waals surface area contributed by atoms with Gasteiger partial charge < -0.3 is 24.4 Å². The highest BCUT2D eigenvalue weighted by atomic mass is 19.1. The number of hydrogen-bond acceptors (Lipinski definition) is 10. The number of halogens is 2. The lowest BCUT2D eigenvalue weighted by Crippen LogP contribution is -2.26. The predicted octanol–water partition coefficient (Wildman–Crippen LogP) is 8.14. The van der Waals surface area contributed by atoms with E-state index >= 15 is 0 Å². The van der Waals surface area contributed by atoms with Crippen LogP contribution >= 0.6 is 0 Å². The minimum Gasteiger partial charge on any atom is -0.470 e. The minimum atomic E-state index is -0.497. The average Bonchev–Trinajstić information content (AvgIpc) is 3.95. The Labute approximate surface area is 347 Å². The van der Waals surface area contributed by atoms with E-state index in [1.165, 1.54) is 36.7 Å². The van der Waals surface area contributed by atoms with E-state index in [1.54, 1.807) is 42.5 Å². The molecule has 10 nitrogen and oxygen atoms in total. The van der Waals surface area contributed by atoms with Crippen LogP contribution in [0.2, 0.25) is 0 Å². The van der Waals surface area contributed by atoms with E-state index in [0.29, 0.717) is 72.4 Å². The molecular formula is C48H44F2N4O6. The Morgan fingerprint density at radius 2 is 1.12 bits per heavy atom. The molecule has 2 aromatic heterocycles. The number of ether oxygens (including phenoxy) is 2. The van der Waals surface area contributed by atoms with E-state index in [-0.39, 0.29) is 42.1 Å². The Balaban J connectivity index is 0.000000181. The predicted molar refractivity (Wildman–Crippen MR) is 224 cm³/mol. The molecular weight excluding hydrogens is 767 g/mol. The number of nitrogens with zero attached hydrogens (tertiary/aromatic N) is 4. The topological polar surface area (TPSA) is 122 Å². The number of aromatic nitrogens is 2. The van der Waals surface area contributed by atoms with Crippen molar-refractivity contribution in [3.63, 3.8) is 0 Å². The first-order valence-electron chi connectivity index (χ1n) is 19.7. The summed E-state index contributed by atoms with van der Waals surface area (Å²) in [7, 11) is 0. The molecule has 2 fully saturated rings. The molecule has 60 heavy (non-hydrogen) atoms. The maximum absolute atomic E-state index is 13.8. The molecule has 2 aliphatic heterocycles. The molecule has 0 saturated carbocycles. The van der Waals surface area contributed by atoms with Crippen LogP contribution in [0, 0.1) is 25.5 Å². The number of aldehydes is 1. The summed E-state index contributed by atoms with van der Waals surface area (Å²) in [4.78, 5) is 49.2. The van der Waals surface area contributed by atoms with E-state index in [2.05, 4.69) is 14.9 Å². The van der Waals surface area contributed by atoms with Crippen molar-refractivity contribution in [1.29, 1.82) is 0 Å². The van der Waals surface area contributed by atoms with Crippen molar-refractivity contribution < 1.29 is 37.7 Å². The normalized spacial score (nSPS) is 15.9. The van der Waals surface area contributed by atoms with Crippen molar-refractivity contribution in [1.82, 2.24) is 9.97 Å². The van der Waals surface area contributed by atoms with Gasteiger partial charge in [0.2, 0.25) is 0 Å². The molecule has 6 aromatic rings. The Morgan fingerprint density at radius 3 is 1.58 bits per heavy atom. The summed E-state index contributed by atoms with van der Waals surface area (Å²) in [5.41, 5.74) is 7.07. The largest absolute Gasteiger partial charge is 0.470 e. The molecule has 2 atom stereocenters. The fraction of sp³-hybridized carbons (Fsp3) is 0.229. The zero-order valence-corrected chi connectivity index (χ0v) is 33.3. The molecule has 0 radical (unpaired) electrons. The highest BCUT2D eigenvalue weighted by Crippen LogP contribution is 2.30. The van der Waals surface area contributed by atoms with Crippen molar-refractivity contribution in [2.75, 3.05) is 36.0 Å². The van der Waals surface area contributed by atoms with Gasteiger partial charge in [-0.1, -0.05) is 59.7 Å². The first-order valence-corrected chi connectivity index (χ1v) is 19.7. The quantitative estimate of drug-likeness (QED) is 0.0958. The second-order valence-corrected chi connectivity index (χ2v) is 14.8. The van der Waals surface area contributed by atoms with Crippen LogP contribution in [-0.4, -0.2) is 71.3 Å². The number of aliphatic hydroxyl groups excluding tert-OH is 1. The van der Waals surface area contributed by atoms with Gasteiger partial charge in [-0.3, -0.25) is 14.4 Å². The summed E-state index contributed by atoms with van der Waals surface area (Å²) >= 11 is 0. The van der Waals surface area contributed by atoms with Gasteiger partial charge in [-0.15, -0.1) is 0 Å². The molecule has 2 aliphatic rings. The number of pyridine rings is 2. The maximum Gasteiger partial charge on any atom is 0.250 e. The van der Waals surface area contributed by atoms with Crippen molar-refractivity contribution in [2.24, 2.45) is 0 Å². The van der Waals surface area contributed by atoms with Gasteiger partial charge in [0.05, 0.1) is 19.7 Å². The Kier molecular flexibility index (Phi) is 13.0. The molecule has 4 aromatic carbocycles. The van der Waals surface area contributed by atoms with Crippen molar-refractivity contribution in [3.05, 3.63) is 178 Å². The lowest BCUT2D eigenvalue weighted by Gasteiger charge is -2.22. The summed E-state index contributed by atoms with van der Waals surface area (Å²) in [5, 5.41) is 9.90. The van der Waals surface area contributed by atoms with Crippen molar-refractivity contribution in [2.45, 2.75) is 45.5 Å². The third kappa shape index (κ3) is 9.73. The molecule has 12 heteroatoms. The SMILES string of the molecule is Cc1ccc(C(=O)c2ccc(N3CC[C@H](Oc4ncccc4F)C3)c(C=O)c2)cc1.Cc1ccc(C(=O)c2ccc(N3CC[C@H](Oc4ncccc4F)C3)c(CO)c2)cc1. The summed E-state index contributed by atoms with van der Waals surface area (Å²) in [6.45, 7) is 6.17. The lowest BCUT2D eigenvalue weighted by molar-refractivity contribution is 0.103. The molecule has 1 N–H and O–H groups in total. The van der Waals surface area contributed by atoms with Crippen LogP contribution in [0.5, 0.6) is 11.8 Å². The van der Waals surface area contributed by atoms with Gasteiger partial charge in [-0.2, -0.15) is 0 Å². The third-order valence-electron chi connectivity index (χ3n) is 10.5. The zero-order chi connectivity index (χ0) is 42.2. The molecule has 2 saturated heterocycles. The number of carbonyl (C=O) groups excluding carboxylic acids is 3. The second kappa shape index (κ2) is 18.9. The molecule has 0 spiro atoms. The molecule has 4 heterocycles. The maximum atomic E-state index is 13.8. The monoisotopic (exact) mass is 810 g/mol. The van der Waals surface area contributed by atoms with Gasteiger partial charge in [0.1, 0.15) is 12.2 Å². The van der Waals surface area contributed by atoms with Crippen LogP contribution in [0.1, 0.15) is 71.7 Å². The number of benzene rings is 4. The number of aryl methyl sites for hydroxylation is 2. The van der Waals surface area contributed by atoms with E-state index in [9.17, 15) is 28.3 Å². The Hall–Kier alpha value is -6.79. The highest BCUT2D eigenvalue weighted by molar-refractivity contribution is 6.10. The number of hydrogen-bond donors (Lipinski definition) is 1. The number of ketones is 2. The summed E-state index contributed by atoms with van der Waals surface area (Å²) in [5.74, 6) is -1.19. The molecule has 306 valence electrons. The molecule has 0 aliphatic carbocycles. The van der Waals surface area contributed by atoms with Gasteiger partial charge in [0, 0.05) is 83.1 Å². The number of aliphatic hydroxyl groups is 1. The van der Waals surface area contributed by atoms with Gasteiger partial charge in [-0.25, -0.2) is 18.7 Å². The fourth-order valence-electron chi connectivity index (χ4n) is 7.30. The third-order valence-corrected chi connectivity index (χ3v) is 10.5. The molecule has 0 amide bonds. The van der Waals surface area contributed by atoms with Crippen molar-refractivity contribution in [3.8, 4) is 11.8 Å². The van der Waals surface area contributed by atoms with Crippen LogP contribution in [0.25, 0.3) is 0 Å². The lowest BCUT2D eigenvalue weighted by atomic mass is 9.99. The van der Waals surface area contributed by atoms with Crippen LogP contribution in [0.15, 0.2) is 122 Å². The first-order chi connectivity index (χ1) is 29.1. The van der Waals surface area contributed by atoms with Crippen LogP contribution in [0.3, 0.4) is 0 Å². The van der Waals surface area contributed by atoms with E-state index < -0.39 is 11.6 Å². The Morgan fingerprint density at radius 1 is 0.667 bits per heavy atom. The summed E-state index contributed by atoms with van der Waals surface area (Å²) in [6, 6.07) is 31.0. The first kappa shape index (κ1) is 41.4. The average molecular weight is 811 g/mol. The molecule has 0 bridgehead atoms. The van der Waals surface area contributed by atoms with E-state index in [1.807, 2.05) is 61.2 Å².